The van der Waals surface area contributed by atoms with Crippen molar-refractivity contribution < 1.29 is 13.5 Å². The van der Waals surface area contributed by atoms with Gasteiger partial charge < -0.3 is 5.11 Å². The predicted octanol–water partition coefficient (Wildman–Crippen LogP) is -0.110. The summed E-state index contributed by atoms with van der Waals surface area (Å²) < 4.78 is 24.5. The smallest absolute Gasteiger partial charge is 0.257 e. The van der Waals surface area contributed by atoms with Crippen LogP contribution in [0.1, 0.15) is 30.7 Å². The van der Waals surface area contributed by atoms with Gasteiger partial charge in [-0.1, -0.05) is 6.42 Å². The Labute approximate surface area is 106 Å². The summed E-state index contributed by atoms with van der Waals surface area (Å²) in [7, 11) is -3.67. The van der Waals surface area contributed by atoms with Gasteiger partial charge in [-0.25, -0.2) is 13.4 Å². The zero-order valence-corrected chi connectivity index (χ0v) is 11.1. The Balaban J connectivity index is 2.21. The van der Waals surface area contributed by atoms with Crippen LogP contribution in [0.2, 0.25) is 0 Å². The second-order valence-corrected chi connectivity index (χ2v) is 6.02. The Hall–Kier alpha value is -0.960. The van der Waals surface area contributed by atoms with Crippen LogP contribution in [0.5, 0.6) is 0 Å². The number of nitrogens with zero attached hydrogens (tertiary/aromatic N) is 2. The average molecular weight is 274 g/mol. The van der Waals surface area contributed by atoms with E-state index < -0.39 is 16.6 Å². The number of rotatable bonds is 4. The molecule has 0 saturated carbocycles. The number of aliphatic hydroxyl groups excluding tert-OH is 1. The number of nitrogens with one attached hydrogen (secondary N) is 2. The van der Waals surface area contributed by atoms with E-state index in [-0.39, 0.29) is 10.6 Å². The van der Waals surface area contributed by atoms with Crippen molar-refractivity contribution in [2.24, 2.45) is 0 Å². The Bertz CT molecular complexity index is 505. The summed E-state index contributed by atoms with van der Waals surface area (Å²) in [6.45, 7) is 2.65. The van der Waals surface area contributed by atoms with Gasteiger partial charge in [-0.05, 0) is 19.8 Å². The van der Waals surface area contributed by atoms with Gasteiger partial charge in [0.05, 0.1) is 12.3 Å². The third-order valence-corrected chi connectivity index (χ3v) is 4.56. The van der Waals surface area contributed by atoms with Gasteiger partial charge in [-0.2, -0.15) is 5.10 Å². The summed E-state index contributed by atoms with van der Waals surface area (Å²) in [5.74, 6) is 0. The molecule has 0 atom stereocenters. The van der Waals surface area contributed by atoms with Crippen molar-refractivity contribution in [2.45, 2.75) is 37.7 Å². The maximum Gasteiger partial charge on any atom is 0.257 e. The third kappa shape index (κ3) is 2.72. The zero-order chi connectivity index (χ0) is 13.2. The fraction of sp³-hybridized carbons (Fsp3) is 0.700. The summed E-state index contributed by atoms with van der Waals surface area (Å²) >= 11 is 0. The molecule has 3 N–H and O–H groups in total. The molecule has 1 aliphatic heterocycles. The minimum Gasteiger partial charge on any atom is -0.390 e. The van der Waals surface area contributed by atoms with Crippen LogP contribution in [0, 0.1) is 6.92 Å². The van der Waals surface area contributed by atoms with E-state index in [1.165, 1.54) is 0 Å². The molecule has 2 rings (SSSR count). The summed E-state index contributed by atoms with van der Waals surface area (Å²) in [6.07, 6.45) is 3.10. The number of hydrogen-bond donors (Lipinski definition) is 3. The second-order valence-electron chi connectivity index (χ2n) is 4.42. The SMILES string of the molecule is Cc1[nH]nc(CO)c1S(=O)(=O)NN1CCCCC1. The van der Waals surface area contributed by atoms with E-state index >= 15 is 0 Å². The first-order valence-corrected chi connectivity index (χ1v) is 7.45. The molecule has 2 heterocycles. The molecule has 1 saturated heterocycles. The highest BCUT2D eigenvalue weighted by atomic mass is 32.2. The van der Waals surface area contributed by atoms with E-state index in [0.717, 1.165) is 19.3 Å². The summed E-state index contributed by atoms with van der Waals surface area (Å²) in [4.78, 5) is 2.60. The lowest BCUT2D eigenvalue weighted by Gasteiger charge is -2.26. The van der Waals surface area contributed by atoms with Gasteiger partial charge in [-0.15, -0.1) is 4.83 Å². The molecule has 1 fully saturated rings. The number of hydrazine groups is 1. The van der Waals surface area contributed by atoms with Crippen molar-refractivity contribution in [1.82, 2.24) is 20.0 Å². The minimum atomic E-state index is -3.67. The number of hydrogen-bond acceptors (Lipinski definition) is 5. The number of aromatic amines is 1. The lowest BCUT2D eigenvalue weighted by atomic mass is 10.2. The van der Waals surface area contributed by atoms with Crippen LogP contribution in [0.4, 0.5) is 0 Å². The van der Waals surface area contributed by atoms with Gasteiger partial charge >= 0.3 is 0 Å². The normalized spacial score (nSPS) is 18.1. The van der Waals surface area contributed by atoms with Crippen LogP contribution in [0.25, 0.3) is 0 Å². The Morgan fingerprint density at radius 1 is 1.39 bits per heavy atom. The first-order chi connectivity index (χ1) is 8.54. The molecule has 0 amide bonds. The highest BCUT2D eigenvalue weighted by molar-refractivity contribution is 7.89. The molecule has 0 spiro atoms. The molecule has 0 aliphatic carbocycles. The lowest BCUT2D eigenvalue weighted by Crippen LogP contribution is -2.45. The fourth-order valence-electron chi connectivity index (χ4n) is 2.13. The molecule has 1 aromatic heterocycles. The predicted molar refractivity (Wildman–Crippen MR) is 65.0 cm³/mol. The number of aliphatic hydroxyl groups is 1. The molecule has 0 unspecified atom stereocenters. The van der Waals surface area contributed by atoms with Crippen molar-refractivity contribution in [1.29, 1.82) is 0 Å². The minimum absolute atomic E-state index is 0.0515. The maximum atomic E-state index is 12.2. The number of H-pyrrole nitrogens is 1. The van der Waals surface area contributed by atoms with Crippen LogP contribution in [0.3, 0.4) is 0 Å². The van der Waals surface area contributed by atoms with Gasteiger partial charge in [0.15, 0.2) is 0 Å². The van der Waals surface area contributed by atoms with Crippen LogP contribution in [0.15, 0.2) is 4.90 Å². The van der Waals surface area contributed by atoms with Crippen molar-refractivity contribution in [3.8, 4) is 0 Å². The van der Waals surface area contributed by atoms with Crippen LogP contribution < -0.4 is 4.83 Å². The van der Waals surface area contributed by atoms with Crippen molar-refractivity contribution in [2.75, 3.05) is 13.1 Å². The van der Waals surface area contributed by atoms with E-state index in [4.69, 9.17) is 5.11 Å². The summed E-state index contributed by atoms with van der Waals surface area (Å²) in [5.41, 5.74) is 0.584. The second kappa shape index (κ2) is 5.35. The van der Waals surface area contributed by atoms with E-state index in [2.05, 4.69) is 15.0 Å². The quantitative estimate of drug-likeness (QED) is 0.711. The highest BCUT2D eigenvalue weighted by Crippen LogP contribution is 2.18. The molecule has 1 aromatic rings. The summed E-state index contributed by atoms with van der Waals surface area (Å²) in [6, 6.07) is 0. The molecule has 0 radical (unpaired) electrons. The Kier molecular flexibility index (Phi) is 4.00. The van der Waals surface area contributed by atoms with Crippen molar-refractivity contribution in [3.05, 3.63) is 11.4 Å². The summed E-state index contributed by atoms with van der Waals surface area (Å²) in [5, 5.41) is 17.2. The Morgan fingerprint density at radius 3 is 2.67 bits per heavy atom. The number of piperidine rings is 1. The van der Waals surface area contributed by atoms with Gasteiger partial charge in [0.1, 0.15) is 10.6 Å². The first kappa shape index (κ1) is 13.5. The van der Waals surface area contributed by atoms with Crippen molar-refractivity contribution in [3.63, 3.8) is 0 Å². The topological polar surface area (TPSA) is 98.3 Å². The third-order valence-electron chi connectivity index (χ3n) is 2.99. The van der Waals surface area contributed by atoms with Crippen molar-refractivity contribution >= 4 is 10.0 Å². The number of aromatic nitrogens is 2. The van der Waals surface area contributed by atoms with E-state index in [1.54, 1.807) is 11.9 Å². The van der Waals surface area contributed by atoms with Gasteiger partial charge in [0.2, 0.25) is 0 Å². The first-order valence-electron chi connectivity index (χ1n) is 5.96. The molecule has 8 heteroatoms. The largest absolute Gasteiger partial charge is 0.390 e. The van der Waals surface area contributed by atoms with Gasteiger partial charge in [0, 0.05) is 13.1 Å². The Morgan fingerprint density at radius 2 is 2.06 bits per heavy atom. The standard InChI is InChI=1S/C10H18N4O3S/c1-8-10(9(7-15)12-11-8)18(16,17)13-14-5-3-2-4-6-14/h13,15H,2-7H2,1H3,(H,11,12). The van der Waals surface area contributed by atoms with E-state index in [1.807, 2.05) is 0 Å². The van der Waals surface area contributed by atoms with Crippen LogP contribution in [-0.2, 0) is 16.6 Å². The fourth-order valence-corrected chi connectivity index (χ4v) is 3.62. The number of aryl methyl sites for hydroxylation is 1. The van der Waals surface area contributed by atoms with Crippen LogP contribution >= 0.6 is 0 Å². The van der Waals surface area contributed by atoms with Gasteiger partial charge in [-0.3, -0.25) is 5.10 Å². The molecule has 0 bridgehead atoms. The molecule has 18 heavy (non-hydrogen) atoms. The maximum absolute atomic E-state index is 12.2. The molecule has 102 valence electrons. The zero-order valence-electron chi connectivity index (χ0n) is 10.3. The lowest BCUT2D eigenvalue weighted by molar-refractivity contribution is 0.199. The van der Waals surface area contributed by atoms with Gasteiger partial charge in [0.25, 0.3) is 10.0 Å². The molecule has 7 nitrogen and oxygen atoms in total. The molecule has 1 aliphatic rings. The number of sulfonamides is 1. The van der Waals surface area contributed by atoms with Crippen LogP contribution in [-0.4, -0.2) is 41.8 Å². The average Bonchev–Trinajstić information content (AvgIpc) is 2.72. The molecule has 0 aromatic carbocycles. The molecular weight excluding hydrogens is 256 g/mol. The monoisotopic (exact) mass is 274 g/mol. The van der Waals surface area contributed by atoms with E-state index in [0.29, 0.717) is 18.8 Å². The van der Waals surface area contributed by atoms with E-state index in [9.17, 15) is 8.42 Å². The highest BCUT2D eigenvalue weighted by Gasteiger charge is 2.26. The molecular formula is C10H18N4O3S.